The number of phenols is 1. The fourth-order valence-electron chi connectivity index (χ4n) is 10.5. The highest BCUT2D eigenvalue weighted by molar-refractivity contribution is 7.80. The van der Waals surface area contributed by atoms with Gasteiger partial charge in [0.25, 0.3) is 0 Å². The van der Waals surface area contributed by atoms with Gasteiger partial charge >= 0.3 is 5.97 Å². The van der Waals surface area contributed by atoms with E-state index in [1.165, 1.54) is 36.4 Å². The van der Waals surface area contributed by atoms with Crippen LogP contribution in [0.25, 0.3) is 0 Å². The van der Waals surface area contributed by atoms with Gasteiger partial charge in [-0.3, -0.25) is 76.7 Å². The number of carboxylic acid groups (broad SMARTS) is 1. The Morgan fingerprint density at radius 2 is 0.574 bits per heavy atom. The molecule has 16 amide bonds. The van der Waals surface area contributed by atoms with Crippen LogP contribution in [0.15, 0.2) is 54.6 Å². The minimum absolute atomic E-state index is 0.0260. The molecule has 0 saturated heterocycles. The Balaban J connectivity index is 2.54. The first-order chi connectivity index (χ1) is 50.6. The fraction of sp³-hybridized carbons (Fsp3) is 0.574. The van der Waals surface area contributed by atoms with Crippen LogP contribution in [0, 0.1) is 23.7 Å². The van der Waals surface area contributed by atoms with E-state index in [9.17, 15) is 102 Å². The number of amides is 16. The first kappa shape index (κ1) is 93.9. The molecule has 108 heavy (non-hydrogen) atoms. The van der Waals surface area contributed by atoms with Crippen LogP contribution in [0.4, 0.5) is 0 Å². The lowest BCUT2D eigenvalue weighted by Gasteiger charge is -2.28. The van der Waals surface area contributed by atoms with E-state index in [1.807, 2.05) is 0 Å². The molecule has 2 aromatic carbocycles. The number of phenolic OH excluding ortho intramolecular Hbond substituents is 1. The van der Waals surface area contributed by atoms with Gasteiger partial charge in [0.15, 0.2) is 0 Å². The van der Waals surface area contributed by atoms with Crippen LogP contribution in [0.5, 0.6) is 5.75 Å². The number of aliphatic hydroxyl groups excluding tert-OH is 2. The smallest absolute Gasteiger partial charge is 0.326 e. The molecule has 25 N–H and O–H groups in total. The van der Waals surface area contributed by atoms with E-state index in [4.69, 9.17) is 22.9 Å². The Kier molecular flexibility index (Phi) is 41.3. The van der Waals surface area contributed by atoms with Crippen molar-refractivity contribution in [2.75, 3.05) is 31.3 Å². The normalized spacial score (nSPS) is 14.8. The number of nitrogens with two attached hydrogens (primary N) is 4. The summed E-state index contributed by atoms with van der Waals surface area (Å²) in [6.07, 6.45) is -4.03. The summed E-state index contributed by atoms with van der Waals surface area (Å²) in [7, 11) is 0. The number of thiol groups is 2. The average molecular weight is 1560 g/mol. The standard InChI is InChI=1S/C68H105N17O21S2/c1-32(2)18-39(56(93)74-41(20-34(5)6)58(95)85-51(31-108)67(104)82-47(68(105)106)21-35(7)8)75-61(98)44(24-52(70)89)81-62(99)45(25-53(71)90)79-59(96)42(22-36-12-10-9-11-13-36)78-65(102)48(28-86)83-63(100)46(26-54(72)91)80-60(97)43(23-37-14-16-38(88)17-15-37)77-57(94)40(19-33(3)4)76-64(101)49(29-87)84-66(103)50(30-107)73-55(92)27-69/h9-17,32-35,39-51,86-88,107-108H,18-31,69H2,1-8H3,(H2,70,89)(H2,71,90)(H2,72,91)(H,73,92)(H,74,93)(H,75,98)(H,76,101)(H,77,94)(H,78,102)(H,79,96)(H,80,97)(H,81,99)(H,82,104)(H,83,100)(H,84,103)(H,85,95)(H,105,106)/t39-,40-,41-,42-,43-,44-,45-,46-,47-,48-,49-,50-,51-/m0/s1. The summed E-state index contributed by atoms with van der Waals surface area (Å²) in [5.41, 5.74) is 22.6. The first-order valence-electron chi connectivity index (χ1n) is 34.6. The van der Waals surface area contributed by atoms with Gasteiger partial charge in [0, 0.05) is 24.3 Å². The van der Waals surface area contributed by atoms with Crippen LogP contribution < -0.4 is 92.1 Å². The number of nitrogens with one attached hydrogen (secondary N) is 13. The summed E-state index contributed by atoms with van der Waals surface area (Å²) in [6, 6.07) is -8.71. The number of primary amides is 3. The molecule has 2 rings (SSSR count). The molecule has 0 radical (unpaired) electrons. The molecular formula is C68H105N17O21S2. The molecular weight excluding hydrogens is 1450 g/mol. The summed E-state index contributed by atoms with van der Waals surface area (Å²) >= 11 is 8.22. The predicted octanol–water partition coefficient (Wildman–Crippen LogP) is -6.82. The third-order valence-electron chi connectivity index (χ3n) is 15.8. The molecule has 40 heteroatoms. The van der Waals surface area contributed by atoms with E-state index in [2.05, 4.69) is 94.4 Å². The Hall–Kier alpha value is -10.2. The molecule has 0 aromatic heterocycles. The lowest BCUT2D eigenvalue weighted by atomic mass is 9.99. The largest absolute Gasteiger partial charge is 0.508 e. The maximum Gasteiger partial charge on any atom is 0.326 e. The molecule has 0 unspecified atom stereocenters. The van der Waals surface area contributed by atoms with Crippen molar-refractivity contribution in [1.82, 2.24) is 69.1 Å². The van der Waals surface area contributed by atoms with Crippen LogP contribution in [0.1, 0.15) is 111 Å². The van der Waals surface area contributed by atoms with Gasteiger partial charge in [-0.2, -0.15) is 25.3 Å². The zero-order valence-corrected chi connectivity index (χ0v) is 63.1. The minimum atomic E-state index is -2.05. The van der Waals surface area contributed by atoms with Crippen molar-refractivity contribution >= 4 is 126 Å². The Morgan fingerprint density at radius 1 is 0.333 bits per heavy atom. The van der Waals surface area contributed by atoms with Crippen LogP contribution in [-0.4, -0.2) is 231 Å². The number of aromatic hydroxyl groups is 1. The van der Waals surface area contributed by atoms with Crippen molar-refractivity contribution in [2.45, 2.75) is 192 Å². The van der Waals surface area contributed by atoms with Crippen molar-refractivity contribution in [3.05, 3.63) is 65.7 Å². The van der Waals surface area contributed by atoms with Gasteiger partial charge in [0.2, 0.25) is 94.5 Å². The molecule has 0 heterocycles. The number of carbonyl (C=O) groups excluding carboxylic acids is 16. The third-order valence-corrected chi connectivity index (χ3v) is 16.6. The molecule has 0 bridgehead atoms. The van der Waals surface area contributed by atoms with E-state index in [0.29, 0.717) is 5.56 Å². The van der Waals surface area contributed by atoms with Crippen molar-refractivity contribution in [3.63, 3.8) is 0 Å². The maximum absolute atomic E-state index is 14.5. The van der Waals surface area contributed by atoms with Crippen molar-refractivity contribution in [1.29, 1.82) is 0 Å². The molecule has 0 saturated carbocycles. The van der Waals surface area contributed by atoms with Gasteiger partial charge in [-0.05, 0) is 72.6 Å². The van der Waals surface area contributed by atoms with Crippen LogP contribution >= 0.6 is 25.3 Å². The summed E-state index contributed by atoms with van der Waals surface area (Å²) in [5.74, 6) is -21.0. The fourth-order valence-corrected chi connectivity index (χ4v) is 11.0. The van der Waals surface area contributed by atoms with Gasteiger partial charge in [-0.15, -0.1) is 0 Å². The summed E-state index contributed by atoms with van der Waals surface area (Å²) in [6.45, 7) is 10.9. The zero-order chi connectivity index (χ0) is 81.8. The maximum atomic E-state index is 14.5. The molecule has 0 spiro atoms. The lowest BCUT2D eigenvalue weighted by molar-refractivity contribution is -0.142. The highest BCUT2D eigenvalue weighted by atomic mass is 32.1. The number of hydrogen-bond acceptors (Lipinski definition) is 23. The Labute approximate surface area is 635 Å². The van der Waals surface area contributed by atoms with E-state index >= 15 is 0 Å². The molecule has 0 aliphatic rings. The second-order valence-corrected chi connectivity index (χ2v) is 27.9. The second-order valence-electron chi connectivity index (χ2n) is 27.2. The topological polar surface area (TPSA) is 632 Å². The zero-order valence-electron chi connectivity index (χ0n) is 61.3. The number of aliphatic hydroxyl groups is 2. The van der Waals surface area contributed by atoms with Gasteiger partial charge in [-0.25, -0.2) is 4.79 Å². The van der Waals surface area contributed by atoms with Gasteiger partial charge in [-0.1, -0.05) is 97.9 Å². The average Bonchev–Trinajstić information content (AvgIpc) is 0.851. The number of carbonyl (C=O) groups is 17. The molecule has 0 fully saturated rings. The van der Waals surface area contributed by atoms with Gasteiger partial charge in [0.05, 0.1) is 39.0 Å². The van der Waals surface area contributed by atoms with Crippen LogP contribution in [-0.2, 0) is 94.3 Å². The van der Waals surface area contributed by atoms with E-state index in [1.54, 1.807) is 73.6 Å². The summed E-state index contributed by atoms with van der Waals surface area (Å²) < 4.78 is 0. The molecule has 2 aromatic rings. The molecule has 0 aliphatic carbocycles. The summed E-state index contributed by atoms with van der Waals surface area (Å²) in [4.78, 5) is 230. The van der Waals surface area contributed by atoms with E-state index in [0.717, 1.165) is 0 Å². The number of benzene rings is 2. The van der Waals surface area contributed by atoms with Crippen LogP contribution in [0.2, 0.25) is 0 Å². The monoisotopic (exact) mass is 1560 g/mol. The minimum Gasteiger partial charge on any atom is -0.508 e. The van der Waals surface area contributed by atoms with E-state index < -0.39 is 231 Å². The quantitative estimate of drug-likeness (QED) is 0.0274. The Bertz CT molecular complexity index is 3450. The highest BCUT2D eigenvalue weighted by Gasteiger charge is 2.39. The van der Waals surface area contributed by atoms with Crippen LogP contribution in [0.3, 0.4) is 0 Å². The van der Waals surface area contributed by atoms with Crippen molar-refractivity contribution < 1.29 is 102 Å². The van der Waals surface area contributed by atoms with Gasteiger partial charge < -0.3 is 112 Å². The van der Waals surface area contributed by atoms with E-state index in [-0.39, 0.29) is 72.2 Å². The SMILES string of the molecule is CC(C)C[C@H](NC(=O)[C@H](CS)NC(=O)[C@H](CC(C)C)NC(=O)[C@H](CC(C)C)NC(=O)[C@H](CC(N)=O)NC(=O)[C@H](CC(N)=O)NC(=O)[C@H](Cc1ccccc1)NC(=O)[C@H](CO)NC(=O)[C@H](CC(N)=O)NC(=O)[C@H](Cc1ccc(O)cc1)NC(=O)[C@H](CC(C)C)NC(=O)[C@H](CO)NC(=O)[C@H](CS)NC(=O)CN)C(=O)O. The second kappa shape index (κ2) is 47.5. The third kappa shape index (κ3) is 34.6. The number of hydrogen-bond donors (Lipinski definition) is 23. The summed E-state index contributed by atoms with van der Waals surface area (Å²) in [5, 5.41) is 71.2. The number of aliphatic carboxylic acids is 1. The highest BCUT2D eigenvalue weighted by Crippen LogP contribution is 2.16. The first-order valence-corrected chi connectivity index (χ1v) is 35.9. The van der Waals surface area contributed by atoms with Crippen molar-refractivity contribution in [2.24, 2.45) is 46.6 Å². The van der Waals surface area contributed by atoms with Gasteiger partial charge in [0.1, 0.15) is 84.3 Å². The van der Waals surface area contributed by atoms with Crippen molar-refractivity contribution in [3.8, 4) is 5.75 Å². The number of carboxylic acids is 1. The molecule has 600 valence electrons. The molecule has 0 aliphatic heterocycles. The molecule has 13 atom stereocenters. The predicted molar refractivity (Wildman–Crippen MR) is 395 cm³/mol. The molecule has 38 nitrogen and oxygen atoms in total. The Morgan fingerprint density at radius 3 is 0.870 bits per heavy atom. The lowest BCUT2D eigenvalue weighted by Crippen LogP contribution is -2.62. The number of rotatable bonds is 49.